The number of hydrogen-bond acceptors (Lipinski definition) is 1. The molecule has 0 bridgehead atoms. The Balaban J connectivity index is 0. The molecular formula is C16H26N2U. The molecule has 2 nitrogen and oxygen atoms in total. The molecule has 1 N–H and O–H groups in total. The van der Waals surface area contributed by atoms with Gasteiger partial charge in [0.1, 0.15) is 0 Å². The number of aryl methyl sites for hydroxylation is 2. The Morgan fingerprint density at radius 1 is 1.21 bits per heavy atom. The van der Waals surface area contributed by atoms with Crippen LogP contribution in [0, 0.1) is 50.9 Å². The Morgan fingerprint density at radius 3 is 2.21 bits per heavy atom. The molecule has 104 valence electrons. The Bertz CT molecular complexity index is 346. The van der Waals surface area contributed by atoms with Crippen molar-refractivity contribution in [1.82, 2.24) is 4.90 Å². The summed E-state index contributed by atoms with van der Waals surface area (Å²) in [5, 5.41) is 7.81. The molecular weight excluding hydrogens is 458 g/mol. The fourth-order valence-corrected chi connectivity index (χ4v) is 1.73. The third-order valence-electron chi connectivity index (χ3n) is 3.11. The summed E-state index contributed by atoms with van der Waals surface area (Å²) in [5.41, 5.74) is 2.76. The van der Waals surface area contributed by atoms with E-state index in [9.17, 15) is 0 Å². The Labute approximate surface area is 142 Å². The van der Waals surface area contributed by atoms with Gasteiger partial charge in [0.25, 0.3) is 0 Å². The van der Waals surface area contributed by atoms with Crippen molar-refractivity contribution in [1.29, 1.82) is 5.41 Å². The first kappa shape index (κ1) is 21.0. The van der Waals surface area contributed by atoms with Crippen LogP contribution in [-0.2, 0) is 12.8 Å². The van der Waals surface area contributed by atoms with Gasteiger partial charge >= 0.3 is 31.1 Å². The van der Waals surface area contributed by atoms with Crippen molar-refractivity contribution in [3.63, 3.8) is 0 Å². The summed E-state index contributed by atoms with van der Waals surface area (Å²) in [7, 11) is 1.92. The van der Waals surface area contributed by atoms with Gasteiger partial charge in [0.05, 0.1) is 5.84 Å². The topological polar surface area (TPSA) is 27.1 Å². The fourth-order valence-electron chi connectivity index (χ4n) is 1.73. The number of nitrogens with one attached hydrogen (secondary N) is 1. The van der Waals surface area contributed by atoms with E-state index in [0.717, 1.165) is 25.7 Å². The number of rotatable bonds is 6. The maximum atomic E-state index is 7.81. The second-order valence-corrected chi connectivity index (χ2v) is 4.39. The largest absolute Gasteiger partial charge is 2.00 e. The molecule has 0 atom stereocenters. The summed E-state index contributed by atoms with van der Waals surface area (Å²) >= 11 is 0. The zero-order chi connectivity index (χ0) is 12.7. The van der Waals surface area contributed by atoms with Gasteiger partial charge < -0.3 is 19.3 Å². The Hall–Kier alpha value is -0.258. The van der Waals surface area contributed by atoms with Crippen LogP contribution >= 0.6 is 0 Å². The van der Waals surface area contributed by atoms with Crippen LogP contribution in [0.15, 0.2) is 24.3 Å². The van der Waals surface area contributed by atoms with Crippen LogP contribution in [0.25, 0.3) is 0 Å². The molecule has 0 aliphatic rings. The predicted molar refractivity (Wildman–Crippen MR) is 80.9 cm³/mol. The molecule has 0 aromatic heterocycles. The van der Waals surface area contributed by atoms with E-state index in [4.69, 9.17) is 5.41 Å². The van der Waals surface area contributed by atoms with Crippen molar-refractivity contribution in [2.45, 2.75) is 32.6 Å². The molecule has 1 rings (SSSR count). The van der Waals surface area contributed by atoms with Gasteiger partial charge in [0.15, 0.2) is 0 Å². The number of nitrogens with zero attached hydrogens (tertiary/aromatic N) is 1. The Morgan fingerprint density at radius 2 is 1.74 bits per heavy atom. The summed E-state index contributed by atoms with van der Waals surface area (Å²) < 4.78 is 0. The van der Waals surface area contributed by atoms with E-state index in [1.165, 1.54) is 11.1 Å². The zero-order valence-electron chi connectivity index (χ0n) is 12.5. The summed E-state index contributed by atoms with van der Waals surface area (Å²) in [6.45, 7) is 6.62. The van der Waals surface area contributed by atoms with Gasteiger partial charge in [-0.05, 0) is 30.4 Å². The monoisotopic (exact) mass is 484 g/mol. The van der Waals surface area contributed by atoms with Gasteiger partial charge in [-0.2, -0.15) is 0 Å². The SMILES string of the molecule is [CH2-]CN(C)C(=N)CCCc1ccc(CC)cc1.[CH3-].[U+2]. The second-order valence-electron chi connectivity index (χ2n) is 4.39. The van der Waals surface area contributed by atoms with Crippen LogP contribution in [0.3, 0.4) is 0 Å². The van der Waals surface area contributed by atoms with Gasteiger partial charge in [0.2, 0.25) is 0 Å². The van der Waals surface area contributed by atoms with E-state index in [1.54, 1.807) is 0 Å². The predicted octanol–water partition coefficient (Wildman–Crippen LogP) is 3.77. The summed E-state index contributed by atoms with van der Waals surface area (Å²) in [6, 6.07) is 8.80. The maximum absolute atomic E-state index is 7.81. The zero-order valence-corrected chi connectivity index (χ0v) is 16.7. The van der Waals surface area contributed by atoms with Crippen molar-refractivity contribution in [2.24, 2.45) is 0 Å². The van der Waals surface area contributed by atoms with Crippen LogP contribution < -0.4 is 0 Å². The van der Waals surface area contributed by atoms with Crippen LogP contribution in [-0.4, -0.2) is 24.3 Å². The van der Waals surface area contributed by atoms with Crippen molar-refractivity contribution >= 4 is 5.84 Å². The van der Waals surface area contributed by atoms with E-state index in [0.29, 0.717) is 12.4 Å². The molecule has 0 saturated heterocycles. The van der Waals surface area contributed by atoms with E-state index < -0.39 is 0 Å². The number of amidine groups is 1. The first-order valence-electron chi connectivity index (χ1n) is 6.33. The average molecular weight is 484 g/mol. The normalized spacial score (nSPS) is 9.21. The molecule has 0 fully saturated rings. The Kier molecular flexibility index (Phi) is 12.8. The second kappa shape index (κ2) is 11.6. The van der Waals surface area contributed by atoms with Crippen molar-refractivity contribution < 1.29 is 31.1 Å². The van der Waals surface area contributed by atoms with Gasteiger partial charge in [-0.1, -0.05) is 31.2 Å². The number of benzene rings is 1. The first-order chi connectivity index (χ1) is 8.17. The molecule has 0 spiro atoms. The third-order valence-corrected chi connectivity index (χ3v) is 3.11. The third kappa shape index (κ3) is 7.80. The van der Waals surface area contributed by atoms with Crippen molar-refractivity contribution in [2.75, 3.05) is 13.6 Å². The molecule has 0 aliphatic heterocycles. The number of hydrogen-bond donors (Lipinski definition) is 1. The van der Waals surface area contributed by atoms with E-state index in [2.05, 4.69) is 38.1 Å². The average Bonchev–Trinajstić information content (AvgIpc) is 2.38. The van der Waals surface area contributed by atoms with Crippen molar-refractivity contribution in [3.8, 4) is 0 Å². The summed E-state index contributed by atoms with van der Waals surface area (Å²) in [4.78, 5) is 1.89. The maximum Gasteiger partial charge on any atom is 2.00 e. The molecule has 0 unspecified atom stereocenters. The summed E-state index contributed by atoms with van der Waals surface area (Å²) in [5.74, 6) is 0.685. The molecule has 3 heteroatoms. The molecule has 0 amide bonds. The quantitative estimate of drug-likeness (QED) is 0.372. The molecule has 19 heavy (non-hydrogen) atoms. The smallest absolute Gasteiger partial charge is 0.394 e. The van der Waals surface area contributed by atoms with Crippen LogP contribution in [0.2, 0.25) is 0 Å². The molecule has 1 aromatic carbocycles. The van der Waals surface area contributed by atoms with Gasteiger partial charge in [0, 0.05) is 13.5 Å². The minimum atomic E-state index is 0. The van der Waals surface area contributed by atoms with Crippen LogP contribution in [0.5, 0.6) is 0 Å². The molecule has 0 radical (unpaired) electrons. The van der Waals surface area contributed by atoms with Crippen LogP contribution in [0.1, 0.15) is 30.9 Å². The first-order valence-corrected chi connectivity index (χ1v) is 6.33. The van der Waals surface area contributed by atoms with Crippen LogP contribution in [0.4, 0.5) is 0 Å². The standard InChI is InChI=1S/C15H23N2.CH3.U/c1-4-13-9-11-14(12-10-13)7-6-8-15(16)17(3)5-2;;/h9-12,16H,2,4-8H2,1,3H3;1H3;/q2*-1;+2. The molecule has 1 aromatic rings. The minimum Gasteiger partial charge on any atom is -0.394 e. The molecule has 0 aliphatic carbocycles. The van der Waals surface area contributed by atoms with E-state index in [1.807, 2.05) is 11.9 Å². The molecule has 0 heterocycles. The molecule has 0 saturated carbocycles. The van der Waals surface area contributed by atoms with Gasteiger partial charge in [-0.15, -0.1) is 6.54 Å². The van der Waals surface area contributed by atoms with Gasteiger partial charge in [-0.3, -0.25) is 5.41 Å². The van der Waals surface area contributed by atoms with E-state index >= 15 is 0 Å². The summed E-state index contributed by atoms with van der Waals surface area (Å²) in [6.07, 6.45) is 4.02. The minimum absolute atomic E-state index is 0. The van der Waals surface area contributed by atoms with Crippen molar-refractivity contribution in [3.05, 3.63) is 49.7 Å². The fraction of sp³-hybridized carbons (Fsp3) is 0.438. The van der Waals surface area contributed by atoms with Gasteiger partial charge in [-0.25, -0.2) is 0 Å². The van der Waals surface area contributed by atoms with E-state index in [-0.39, 0.29) is 38.5 Å².